The SMILES string of the molecule is CC(C)N(C)C(=O)/C(=C/c1c[nH]c2ncccc12)NC=O. The van der Waals surface area contributed by atoms with Gasteiger partial charge in [0.1, 0.15) is 11.3 Å². The number of carbonyl (C=O) groups is 2. The van der Waals surface area contributed by atoms with E-state index in [1.165, 1.54) is 0 Å². The van der Waals surface area contributed by atoms with E-state index in [0.717, 1.165) is 16.6 Å². The molecular weight excluding hydrogens is 268 g/mol. The zero-order valence-corrected chi connectivity index (χ0v) is 12.3. The summed E-state index contributed by atoms with van der Waals surface area (Å²) in [7, 11) is 1.70. The van der Waals surface area contributed by atoms with Crippen LogP contribution in [-0.4, -0.2) is 40.3 Å². The first-order valence-corrected chi connectivity index (χ1v) is 6.65. The lowest BCUT2D eigenvalue weighted by molar-refractivity contribution is -0.128. The van der Waals surface area contributed by atoms with Crippen LogP contribution in [0.3, 0.4) is 0 Å². The highest BCUT2D eigenvalue weighted by Crippen LogP contribution is 2.18. The minimum absolute atomic E-state index is 0.0407. The van der Waals surface area contributed by atoms with Gasteiger partial charge in [0.15, 0.2) is 0 Å². The van der Waals surface area contributed by atoms with Gasteiger partial charge in [-0.2, -0.15) is 0 Å². The van der Waals surface area contributed by atoms with Gasteiger partial charge in [-0.25, -0.2) is 4.98 Å². The Morgan fingerprint density at radius 1 is 1.48 bits per heavy atom. The van der Waals surface area contributed by atoms with Crippen LogP contribution in [0.4, 0.5) is 0 Å². The second-order valence-electron chi connectivity index (χ2n) is 4.97. The number of carbonyl (C=O) groups excluding carboxylic acids is 2. The fourth-order valence-electron chi connectivity index (χ4n) is 1.91. The van der Waals surface area contributed by atoms with Gasteiger partial charge < -0.3 is 15.2 Å². The summed E-state index contributed by atoms with van der Waals surface area (Å²) in [5.41, 5.74) is 1.76. The van der Waals surface area contributed by atoms with Gasteiger partial charge >= 0.3 is 0 Å². The van der Waals surface area contributed by atoms with Crippen LogP contribution in [0.2, 0.25) is 0 Å². The van der Waals surface area contributed by atoms with Gasteiger partial charge in [-0.1, -0.05) is 0 Å². The van der Waals surface area contributed by atoms with Gasteiger partial charge in [0.05, 0.1) is 0 Å². The van der Waals surface area contributed by atoms with Crippen LogP contribution in [0.25, 0.3) is 17.1 Å². The molecule has 0 atom stereocenters. The standard InChI is InChI=1S/C15H18N4O2/c1-10(2)19(3)15(21)13(18-9-20)7-11-8-17-14-12(11)5-4-6-16-14/h4-10H,1-3H3,(H,16,17)(H,18,20)/b13-7-. The summed E-state index contributed by atoms with van der Waals surface area (Å²) in [5.74, 6) is -0.240. The third-order valence-electron chi connectivity index (χ3n) is 3.32. The van der Waals surface area contributed by atoms with Gasteiger partial charge in [0.25, 0.3) is 5.91 Å². The van der Waals surface area contributed by atoms with Crippen LogP contribution >= 0.6 is 0 Å². The summed E-state index contributed by atoms with van der Waals surface area (Å²) in [6.07, 6.45) is 5.60. The van der Waals surface area contributed by atoms with E-state index in [2.05, 4.69) is 15.3 Å². The van der Waals surface area contributed by atoms with E-state index < -0.39 is 0 Å². The Kier molecular flexibility index (Phi) is 4.37. The summed E-state index contributed by atoms with van der Waals surface area (Å²) in [6.45, 7) is 3.82. The molecule has 2 amide bonds. The molecule has 2 N–H and O–H groups in total. The number of pyridine rings is 1. The molecule has 0 aromatic carbocycles. The Labute approximate surface area is 122 Å². The molecular formula is C15H18N4O2. The van der Waals surface area contributed by atoms with Crippen molar-refractivity contribution in [2.75, 3.05) is 7.05 Å². The van der Waals surface area contributed by atoms with Crippen molar-refractivity contribution in [1.82, 2.24) is 20.2 Å². The van der Waals surface area contributed by atoms with E-state index in [1.54, 1.807) is 30.4 Å². The van der Waals surface area contributed by atoms with Crippen LogP contribution in [0.15, 0.2) is 30.2 Å². The summed E-state index contributed by atoms with van der Waals surface area (Å²) < 4.78 is 0. The summed E-state index contributed by atoms with van der Waals surface area (Å²) in [6, 6.07) is 3.77. The molecule has 21 heavy (non-hydrogen) atoms. The van der Waals surface area contributed by atoms with Crippen LogP contribution in [0, 0.1) is 0 Å². The molecule has 2 rings (SSSR count). The van der Waals surface area contributed by atoms with Crippen molar-refractivity contribution in [3.05, 3.63) is 35.8 Å². The zero-order chi connectivity index (χ0) is 15.4. The van der Waals surface area contributed by atoms with Gasteiger partial charge in [0.2, 0.25) is 6.41 Å². The first-order valence-electron chi connectivity index (χ1n) is 6.65. The topological polar surface area (TPSA) is 78.1 Å². The summed E-state index contributed by atoms with van der Waals surface area (Å²) >= 11 is 0. The minimum Gasteiger partial charge on any atom is -0.346 e. The lowest BCUT2D eigenvalue weighted by atomic mass is 10.1. The first kappa shape index (κ1) is 14.8. The number of nitrogens with zero attached hydrogens (tertiary/aromatic N) is 2. The molecule has 0 aliphatic rings. The number of aromatic amines is 1. The Morgan fingerprint density at radius 2 is 2.24 bits per heavy atom. The normalized spacial score (nSPS) is 11.7. The molecule has 0 bridgehead atoms. The fourth-order valence-corrected chi connectivity index (χ4v) is 1.91. The van der Waals surface area contributed by atoms with E-state index in [0.29, 0.717) is 6.41 Å². The fraction of sp³-hybridized carbons (Fsp3) is 0.267. The minimum atomic E-state index is -0.240. The lowest BCUT2D eigenvalue weighted by Gasteiger charge is -2.22. The number of nitrogens with one attached hydrogen (secondary N) is 2. The Morgan fingerprint density at radius 3 is 2.90 bits per heavy atom. The highest BCUT2D eigenvalue weighted by molar-refractivity contribution is 6.01. The molecule has 0 spiro atoms. The van der Waals surface area contributed by atoms with E-state index in [1.807, 2.05) is 26.0 Å². The van der Waals surface area contributed by atoms with Crippen molar-refractivity contribution in [2.24, 2.45) is 0 Å². The molecule has 2 aromatic rings. The Bertz CT molecular complexity index is 688. The molecule has 0 unspecified atom stereocenters. The van der Waals surface area contributed by atoms with Crippen molar-refractivity contribution in [1.29, 1.82) is 0 Å². The maximum Gasteiger partial charge on any atom is 0.270 e. The third kappa shape index (κ3) is 3.10. The Hall–Kier alpha value is -2.63. The highest BCUT2D eigenvalue weighted by Gasteiger charge is 2.17. The number of hydrogen-bond donors (Lipinski definition) is 2. The zero-order valence-electron chi connectivity index (χ0n) is 12.3. The molecule has 2 heterocycles. The van der Waals surface area contributed by atoms with Gasteiger partial charge in [0, 0.05) is 36.4 Å². The van der Waals surface area contributed by atoms with E-state index >= 15 is 0 Å². The smallest absolute Gasteiger partial charge is 0.270 e. The van der Waals surface area contributed by atoms with Crippen molar-refractivity contribution in [3.8, 4) is 0 Å². The van der Waals surface area contributed by atoms with Crippen LogP contribution < -0.4 is 5.32 Å². The number of likely N-dealkylation sites (N-methyl/N-ethyl adjacent to an activating group) is 1. The third-order valence-corrected chi connectivity index (χ3v) is 3.32. The number of fused-ring (bicyclic) bond motifs is 1. The maximum atomic E-state index is 12.3. The predicted octanol–water partition coefficient (Wildman–Crippen LogP) is 1.52. The molecule has 0 radical (unpaired) electrons. The lowest BCUT2D eigenvalue weighted by Crippen LogP contribution is -2.37. The molecule has 0 aliphatic carbocycles. The van der Waals surface area contributed by atoms with Crippen LogP contribution in [0.5, 0.6) is 0 Å². The number of aromatic nitrogens is 2. The summed E-state index contributed by atoms with van der Waals surface area (Å²) in [5, 5.41) is 3.37. The number of hydrogen-bond acceptors (Lipinski definition) is 3. The molecule has 0 fully saturated rings. The molecule has 6 nitrogen and oxygen atoms in total. The Balaban J connectivity index is 2.42. The van der Waals surface area contributed by atoms with E-state index in [-0.39, 0.29) is 17.6 Å². The second kappa shape index (κ2) is 6.21. The monoisotopic (exact) mass is 286 g/mol. The van der Waals surface area contributed by atoms with E-state index in [9.17, 15) is 9.59 Å². The first-order chi connectivity index (χ1) is 10.0. The average molecular weight is 286 g/mol. The molecule has 0 saturated carbocycles. The van der Waals surface area contributed by atoms with Crippen molar-refractivity contribution < 1.29 is 9.59 Å². The predicted molar refractivity (Wildman–Crippen MR) is 81.2 cm³/mol. The summed E-state index contributed by atoms with van der Waals surface area (Å²) in [4.78, 5) is 31.9. The van der Waals surface area contributed by atoms with Crippen molar-refractivity contribution in [3.63, 3.8) is 0 Å². The van der Waals surface area contributed by atoms with Crippen molar-refractivity contribution >= 4 is 29.4 Å². The largest absolute Gasteiger partial charge is 0.346 e. The molecule has 2 aromatic heterocycles. The van der Waals surface area contributed by atoms with Gasteiger partial charge in [-0.3, -0.25) is 9.59 Å². The number of H-pyrrole nitrogens is 1. The molecule has 110 valence electrons. The quantitative estimate of drug-likeness (QED) is 0.646. The van der Waals surface area contributed by atoms with Gasteiger partial charge in [-0.05, 0) is 32.1 Å². The van der Waals surface area contributed by atoms with Gasteiger partial charge in [-0.15, -0.1) is 0 Å². The second-order valence-corrected chi connectivity index (χ2v) is 4.97. The average Bonchev–Trinajstić information content (AvgIpc) is 2.88. The molecule has 0 aliphatic heterocycles. The molecule has 0 saturated heterocycles. The van der Waals surface area contributed by atoms with E-state index in [4.69, 9.17) is 0 Å². The van der Waals surface area contributed by atoms with Crippen LogP contribution in [0.1, 0.15) is 19.4 Å². The highest BCUT2D eigenvalue weighted by atomic mass is 16.2. The van der Waals surface area contributed by atoms with Crippen molar-refractivity contribution in [2.45, 2.75) is 19.9 Å². The number of rotatable bonds is 5. The number of amides is 2. The molecule has 6 heteroatoms. The maximum absolute atomic E-state index is 12.3. The van der Waals surface area contributed by atoms with Crippen LogP contribution in [-0.2, 0) is 9.59 Å².